The Morgan fingerprint density at radius 1 is 1.35 bits per heavy atom. The van der Waals surface area contributed by atoms with Gasteiger partial charge in [0.2, 0.25) is 5.91 Å². The van der Waals surface area contributed by atoms with E-state index in [2.05, 4.69) is 10.7 Å². The van der Waals surface area contributed by atoms with E-state index in [4.69, 9.17) is 5.11 Å². The van der Waals surface area contributed by atoms with Crippen molar-refractivity contribution in [1.82, 2.24) is 10.2 Å². The molecule has 0 fully saturated rings. The Morgan fingerprint density at radius 2 is 2.25 bits per heavy atom. The van der Waals surface area contributed by atoms with E-state index in [9.17, 15) is 4.79 Å². The number of aliphatic hydroxyl groups excluding tert-OH is 1. The molecule has 0 aromatic carbocycles. The summed E-state index contributed by atoms with van der Waals surface area (Å²) in [5.41, 5.74) is 1.18. The Bertz CT molecular complexity index is 497. The molecule has 2 N–H and O–H groups in total. The van der Waals surface area contributed by atoms with E-state index in [1.165, 1.54) is 5.56 Å². The van der Waals surface area contributed by atoms with E-state index in [1.54, 1.807) is 22.7 Å². The number of nitrogens with one attached hydrogen (secondary N) is 1. The van der Waals surface area contributed by atoms with E-state index in [1.807, 2.05) is 33.9 Å². The topological polar surface area (TPSA) is 52.6 Å². The maximum Gasteiger partial charge on any atom is 0.234 e. The predicted molar refractivity (Wildman–Crippen MR) is 82.8 cm³/mol. The zero-order valence-corrected chi connectivity index (χ0v) is 12.8. The molecule has 2 aromatic heterocycles. The molecule has 0 unspecified atom stereocenters. The number of rotatable bonds is 8. The van der Waals surface area contributed by atoms with Crippen LogP contribution in [0.1, 0.15) is 10.4 Å². The van der Waals surface area contributed by atoms with Crippen LogP contribution < -0.4 is 5.32 Å². The molecule has 0 saturated heterocycles. The molecule has 108 valence electrons. The molecular weight excluding hydrogens is 292 g/mol. The van der Waals surface area contributed by atoms with Crippen molar-refractivity contribution in [2.45, 2.75) is 13.1 Å². The first kappa shape index (κ1) is 15.2. The molecule has 4 nitrogen and oxygen atoms in total. The van der Waals surface area contributed by atoms with Gasteiger partial charge in [0, 0.05) is 18.0 Å². The third-order valence-electron chi connectivity index (χ3n) is 2.81. The smallest absolute Gasteiger partial charge is 0.234 e. The molecule has 0 spiro atoms. The highest BCUT2D eigenvalue weighted by Crippen LogP contribution is 2.10. The van der Waals surface area contributed by atoms with Gasteiger partial charge in [-0.25, -0.2) is 0 Å². The average Bonchev–Trinajstić information content (AvgIpc) is 3.09. The monoisotopic (exact) mass is 310 g/mol. The number of hydrogen-bond acceptors (Lipinski definition) is 5. The maximum absolute atomic E-state index is 11.9. The zero-order chi connectivity index (χ0) is 14.2. The van der Waals surface area contributed by atoms with Crippen molar-refractivity contribution in [3.05, 3.63) is 44.8 Å². The van der Waals surface area contributed by atoms with Crippen molar-refractivity contribution in [2.75, 3.05) is 19.7 Å². The minimum absolute atomic E-state index is 0.0120. The molecule has 20 heavy (non-hydrogen) atoms. The van der Waals surface area contributed by atoms with Crippen molar-refractivity contribution in [3.63, 3.8) is 0 Å². The minimum Gasteiger partial charge on any atom is -0.395 e. The van der Waals surface area contributed by atoms with Gasteiger partial charge < -0.3 is 10.4 Å². The molecule has 0 aliphatic rings. The standard InChI is InChI=1S/C14H18N2O2S2/c17-5-4-16(9-12-3-7-19-11-12)10-14(18)15-8-13-2-1-6-20-13/h1-3,6-7,11,17H,4-5,8-10H2,(H,15,18). The first-order chi connectivity index (χ1) is 9.78. The Labute approximate surface area is 126 Å². The second-order valence-corrected chi connectivity index (χ2v) is 6.23. The van der Waals surface area contributed by atoms with Crippen LogP contribution >= 0.6 is 22.7 Å². The van der Waals surface area contributed by atoms with E-state index in [0.29, 0.717) is 26.2 Å². The van der Waals surface area contributed by atoms with Gasteiger partial charge in [-0.3, -0.25) is 9.69 Å². The van der Waals surface area contributed by atoms with Gasteiger partial charge in [0.25, 0.3) is 0 Å². The largest absolute Gasteiger partial charge is 0.395 e. The molecule has 0 saturated carbocycles. The van der Waals surface area contributed by atoms with Crippen LogP contribution in [0.15, 0.2) is 34.3 Å². The lowest BCUT2D eigenvalue weighted by atomic mass is 10.3. The van der Waals surface area contributed by atoms with Crippen molar-refractivity contribution < 1.29 is 9.90 Å². The molecule has 0 aliphatic carbocycles. The first-order valence-electron chi connectivity index (χ1n) is 6.41. The molecular formula is C14H18N2O2S2. The zero-order valence-electron chi connectivity index (χ0n) is 11.1. The van der Waals surface area contributed by atoms with Crippen molar-refractivity contribution in [2.24, 2.45) is 0 Å². The van der Waals surface area contributed by atoms with Crippen LogP contribution in [0.5, 0.6) is 0 Å². The average molecular weight is 310 g/mol. The first-order valence-corrected chi connectivity index (χ1v) is 8.23. The van der Waals surface area contributed by atoms with Crippen LogP contribution in [-0.2, 0) is 17.9 Å². The molecule has 2 aromatic rings. The quantitative estimate of drug-likeness (QED) is 0.783. The number of hydrogen-bond donors (Lipinski definition) is 2. The third kappa shape index (κ3) is 5.05. The van der Waals surface area contributed by atoms with Crippen molar-refractivity contribution in [3.8, 4) is 0 Å². The third-order valence-corrected chi connectivity index (χ3v) is 4.42. The van der Waals surface area contributed by atoms with E-state index in [0.717, 1.165) is 4.88 Å². The molecule has 2 heterocycles. The second-order valence-electron chi connectivity index (χ2n) is 4.42. The maximum atomic E-state index is 11.9. The molecule has 0 radical (unpaired) electrons. The summed E-state index contributed by atoms with van der Waals surface area (Å²) in [6, 6.07) is 6.02. The minimum atomic E-state index is -0.0120. The molecule has 0 atom stereocenters. The van der Waals surface area contributed by atoms with E-state index in [-0.39, 0.29) is 12.5 Å². The van der Waals surface area contributed by atoms with Gasteiger partial charge in [0.15, 0.2) is 0 Å². The molecule has 2 rings (SSSR count). The van der Waals surface area contributed by atoms with Crippen molar-refractivity contribution in [1.29, 1.82) is 0 Å². The summed E-state index contributed by atoms with van der Waals surface area (Å²) in [4.78, 5) is 15.0. The van der Waals surface area contributed by atoms with E-state index >= 15 is 0 Å². The number of carbonyl (C=O) groups excluding carboxylic acids is 1. The normalized spacial score (nSPS) is 10.9. The lowest BCUT2D eigenvalue weighted by Gasteiger charge is -2.20. The molecule has 0 bridgehead atoms. The highest BCUT2D eigenvalue weighted by molar-refractivity contribution is 7.09. The Balaban J connectivity index is 1.79. The van der Waals surface area contributed by atoms with Gasteiger partial charge in [-0.15, -0.1) is 11.3 Å². The summed E-state index contributed by atoms with van der Waals surface area (Å²) < 4.78 is 0. The van der Waals surface area contributed by atoms with Gasteiger partial charge in [-0.05, 0) is 33.8 Å². The fraction of sp³-hybridized carbons (Fsp3) is 0.357. The Morgan fingerprint density at radius 3 is 2.90 bits per heavy atom. The highest BCUT2D eigenvalue weighted by Gasteiger charge is 2.11. The number of nitrogens with zero attached hydrogens (tertiary/aromatic N) is 1. The lowest BCUT2D eigenvalue weighted by molar-refractivity contribution is -0.122. The Kier molecular flexibility index (Phi) is 6.20. The van der Waals surface area contributed by atoms with Crippen LogP contribution in [0.2, 0.25) is 0 Å². The summed E-state index contributed by atoms with van der Waals surface area (Å²) >= 11 is 3.27. The fourth-order valence-electron chi connectivity index (χ4n) is 1.85. The van der Waals surface area contributed by atoms with Gasteiger partial charge >= 0.3 is 0 Å². The van der Waals surface area contributed by atoms with Crippen LogP contribution in [0.3, 0.4) is 0 Å². The summed E-state index contributed by atoms with van der Waals surface area (Å²) in [6.07, 6.45) is 0. The number of thiophene rings is 2. The number of amides is 1. The van der Waals surface area contributed by atoms with Crippen molar-refractivity contribution >= 4 is 28.6 Å². The number of aliphatic hydroxyl groups is 1. The predicted octanol–water partition coefficient (Wildman–Crippen LogP) is 1.92. The fourth-order valence-corrected chi connectivity index (χ4v) is 3.16. The van der Waals surface area contributed by atoms with Gasteiger partial charge in [0.05, 0.1) is 19.7 Å². The molecule has 1 amide bonds. The Hall–Kier alpha value is -1.21. The van der Waals surface area contributed by atoms with Crippen LogP contribution in [0.25, 0.3) is 0 Å². The summed E-state index contributed by atoms with van der Waals surface area (Å²) in [5.74, 6) is -0.0120. The second kappa shape index (κ2) is 8.16. The van der Waals surface area contributed by atoms with E-state index < -0.39 is 0 Å². The lowest BCUT2D eigenvalue weighted by Crippen LogP contribution is -2.37. The highest BCUT2D eigenvalue weighted by atomic mass is 32.1. The SMILES string of the molecule is O=C(CN(CCO)Cc1ccsc1)NCc1cccs1. The summed E-state index contributed by atoms with van der Waals surface area (Å²) in [6.45, 7) is 2.13. The summed E-state index contributed by atoms with van der Waals surface area (Å²) in [5, 5.41) is 18.1. The molecule has 0 aliphatic heterocycles. The number of carbonyl (C=O) groups is 1. The van der Waals surface area contributed by atoms with Gasteiger partial charge in [-0.1, -0.05) is 6.07 Å². The molecule has 6 heteroatoms. The van der Waals surface area contributed by atoms with Gasteiger partial charge in [0.1, 0.15) is 0 Å². The van der Waals surface area contributed by atoms with Crippen LogP contribution in [-0.4, -0.2) is 35.6 Å². The van der Waals surface area contributed by atoms with Gasteiger partial charge in [-0.2, -0.15) is 11.3 Å². The van der Waals surface area contributed by atoms with Crippen LogP contribution in [0, 0.1) is 0 Å². The van der Waals surface area contributed by atoms with Crippen LogP contribution in [0.4, 0.5) is 0 Å². The summed E-state index contributed by atoms with van der Waals surface area (Å²) in [7, 11) is 0.